The first-order chi connectivity index (χ1) is 15.1. The van der Waals surface area contributed by atoms with Crippen LogP contribution in [-0.4, -0.2) is 57.1 Å². The normalized spacial score (nSPS) is 15.1. The molecule has 2 aromatic rings. The monoisotopic (exact) mass is 460 g/mol. The molecule has 0 N–H and O–H groups in total. The number of carbonyl (C=O) groups excluding carboxylic acids is 1. The highest BCUT2D eigenvalue weighted by molar-refractivity contribution is 7.98. The van der Waals surface area contributed by atoms with Gasteiger partial charge in [0, 0.05) is 30.7 Å². The minimum atomic E-state index is -0.544. The molecule has 0 aromatic carbocycles. The molecule has 9 heteroatoms. The molecular weight excluding hydrogens is 428 g/mol. The molecule has 174 valence electrons. The summed E-state index contributed by atoms with van der Waals surface area (Å²) in [6, 6.07) is -0.109. The fraction of sp³-hybridized carbons (Fsp3) is 0.565. The van der Waals surface area contributed by atoms with Crippen molar-refractivity contribution >= 4 is 34.6 Å². The first-order valence-electron chi connectivity index (χ1n) is 10.8. The van der Waals surface area contributed by atoms with Crippen LogP contribution in [0.5, 0.6) is 0 Å². The Balaban J connectivity index is 2.03. The topological polar surface area (TPSA) is 86.6 Å². The Morgan fingerprint density at radius 3 is 2.53 bits per heavy atom. The molecule has 3 rings (SSSR count). The third-order valence-electron chi connectivity index (χ3n) is 5.45. The third-order valence-corrected chi connectivity index (χ3v) is 6.01. The van der Waals surface area contributed by atoms with Gasteiger partial charge in [-0.15, -0.1) is 0 Å². The second-order valence-corrected chi connectivity index (χ2v) is 9.60. The molecule has 0 radical (unpaired) electrons. The number of aromatic nitrogens is 3. The van der Waals surface area contributed by atoms with E-state index < -0.39 is 5.60 Å². The van der Waals surface area contributed by atoms with Gasteiger partial charge in [0.15, 0.2) is 5.16 Å². The second kappa shape index (κ2) is 9.52. The highest BCUT2D eigenvalue weighted by Gasteiger charge is 2.30. The van der Waals surface area contributed by atoms with Crippen molar-refractivity contribution in [3.63, 3.8) is 0 Å². The van der Waals surface area contributed by atoms with Crippen molar-refractivity contribution < 1.29 is 14.3 Å². The number of hydrogen-bond donors (Lipinski definition) is 0. The standard InChI is InChI=1S/C23H32N4O4S/c1-8-30-15(3)18-14(2)17-13-24-21(32-7)25-19(17)27(20(18)28)16-9-11-26(12-10-16)22(29)31-23(4,5)6/h13,16H,3,8-12H2,1-2,4-7H3. The van der Waals surface area contributed by atoms with Crippen LogP contribution >= 0.6 is 11.8 Å². The van der Waals surface area contributed by atoms with Crippen molar-refractivity contribution in [2.24, 2.45) is 0 Å². The largest absolute Gasteiger partial charge is 0.494 e. The van der Waals surface area contributed by atoms with Crippen molar-refractivity contribution in [2.75, 3.05) is 26.0 Å². The highest BCUT2D eigenvalue weighted by atomic mass is 32.2. The van der Waals surface area contributed by atoms with Crippen molar-refractivity contribution in [2.45, 2.75) is 64.3 Å². The predicted octanol–water partition coefficient (Wildman–Crippen LogP) is 4.40. The fourth-order valence-electron chi connectivity index (χ4n) is 3.96. The van der Waals surface area contributed by atoms with Gasteiger partial charge in [-0.3, -0.25) is 9.36 Å². The van der Waals surface area contributed by atoms with E-state index in [1.807, 2.05) is 40.9 Å². The van der Waals surface area contributed by atoms with Gasteiger partial charge in [-0.2, -0.15) is 0 Å². The number of nitrogens with zero attached hydrogens (tertiary/aromatic N) is 4. The van der Waals surface area contributed by atoms with Gasteiger partial charge >= 0.3 is 6.09 Å². The Morgan fingerprint density at radius 1 is 1.31 bits per heavy atom. The summed E-state index contributed by atoms with van der Waals surface area (Å²) in [5.41, 5.74) is 1.11. The molecule has 2 aromatic heterocycles. The van der Waals surface area contributed by atoms with Crippen molar-refractivity contribution in [1.29, 1.82) is 0 Å². The summed E-state index contributed by atoms with van der Waals surface area (Å²) < 4.78 is 12.8. The van der Waals surface area contributed by atoms with Crippen LogP contribution in [-0.2, 0) is 9.47 Å². The maximum atomic E-state index is 13.7. The van der Waals surface area contributed by atoms with E-state index in [0.717, 1.165) is 10.9 Å². The summed E-state index contributed by atoms with van der Waals surface area (Å²) in [4.78, 5) is 36.9. The number of thioether (sulfide) groups is 1. The summed E-state index contributed by atoms with van der Waals surface area (Å²) in [6.45, 7) is 14.7. The molecule has 0 bridgehead atoms. The Kier molecular flexibility index (Phi) is 7.17. The van der Waals surface area contributed by atoms with Gasteiger partial charge in [0.25, 0.3) is 5.56 Å². The van der Waals surface area contributed by atoms with E-state index >= 15 is 0 Å². The van der Waals surface area contributed by atoms with E-state index in [0.29, 0.717) is 54.7 Å². The Bertz CT molecular complexity index is 1080. The highest BCUT2D eigenvalue weighted by Crippen LogP contribution is 2.30. The molecule has 32 heavy (non-hydrogen) atoms. The molecule has 0 atom stereocenters. The first-order valence-corrected chi connectivity index (χ1v) is 12.1. The maximum absolute atomic E-state index is 13.7. The molecule has 1 aliphatic rings. The molecular formula is C23H32N4O4S. The summed E-state index contributed by atoms with van der Waals surface area (Å²) in [7, 11) is 0. The quantitative estimate of drug-likeness (QED) is 0.371. The molecule has 8 nitrogen and oxygen atoms in total. The summed E-state index contributed by atoms with van der Waals surface area (Å²) in [6.07, 6.45) is 4.58. The molecule has 1 aliphatic heterocycles. The van der Waals surface area contributed by atoms with Crippen LogP contribution in [0, 0.1) is 6.92 Å². The zero-order valence-electron chi connectivity index (χ0n) is 19.7. The lowest BCUT2D eigenvalue weighted by Crippen LogP contribution is -2.43. The lowest BCUT2D eigenvalue weighted by molar-refractivity contribution is 0.0188. The van der Waals surface area contributed by atoms with Crippen LogP contribution in [0.2, 0.25) is 0 Å². The zero-order chi connectivity index (χ0) is 23.6. The van der Waals surface area contributed by atoms with Gasteiger partial charge in [-0.25, -0.2) is 14.8 Å². The smallest absolute Gasteiger partial charge is 0.410 e. The molecule has 0 spiro atoms. The molecule has 3 heterocycles. The number of piperidine rings is 1. The average molecular weight is 461 g/mol. The van der Waals surface area contributed by atoms with Crippen LogP contribution in [0.15, 0.2) is 22.7 Å². The summed E-state index contributed by atoms with van der Waals surface area (Å²) >= 11 is 1.43. The lowest BCUT2D eigenvalue weighted by Gasteiger charge is -2.34. The molecule has 1 saturated heterocycles. The van der Waals surface area contributed by atoms with E-state index in [1.54, 1.807) is 15.7 Å². The lowest BCUT2D eigenvalue weighted by atomic mass is 10.0. The van der Waals surface area contributed by atoms with Gasteiger partial charge in [0.05, 0.1) is 12.2 Å². The van der Waals surface area contributed by atoms with Crippen molar-refractivity contribution in [1.82, 2.24) is 19.4 Å². The number of rotatable bonds is 5. The van der Waals surface area contributed by atoms with Crippen LogP contribution < -0.4 is 5.56 Å². The fourth-order valence-corrected chi connectivity index (χ4v) is 4.30. The Hall–Kier alpha value is -2.55. The number of aryl methyl sites for hydroxylation is 1. The van der Waals surface area contributed by atoms with Crippen LogP contribution in [0.3, 0.4) is 0 Å². The number of pyridine rings is 1. The summed E-state index contributed by atoms with van der Waals surface area (Å²) in [5.74, 6) is 0.353. The number of ether oxygens (including phenoxy) is 2. The van der Waals surface area contributed by atoms with E-state index in [9.17, 15) is 9.59 Å². The number of fused-ring (bicyclic) bond motifs is 1. The Labute approximate surface area is 193 Å². The number of amides is 1. The van der Waals surface area contributed by atoms with E-state index in [-0.39, 0.29) is 17.7 Å². The van der Waals surface area contributed by atoms with Gasteiger partial charge in [-0.05, 0) is 59.3 Å². The maximum Gasteiger partial charge on any atom is 0.410 e. The minimum Gasteiger partial charge on any atom is -0.494 e. The zero-order valence-corrected chi connectivity index (χ0v) is 20.5. The van der Waals surface area contributed by atoms with Crippen molar-refractivity contribution in [3.05, 3.63) is 34.3 Å². The molecule has 1 fully saturated rings. The van der Waals surface area contributed by atoms with Gasteiger partial charge in [-0.1, -0.05) is 18.3 Å². The van der Waals surface area contributed by atoms with Gasteiger partial charge < -0.3 is 14.4 Å². The van der Waals surface area contributed by atoms with Crippen LogP contribution in [0.25, 0.3) is 16.8 Å². The van der Waals surface area contributed by atoms with E-state index in [4.69, 9.17) is 9.47 Å². The molecule has 0 unspecified atom stereocenters. The molecule has 0 saturated carbocycles. The van der Waals surface area contributed by atoms with Gasteiger partial charge in [0.2, 0.25) is 0 Å². The molecule has 1 amide bonds. The summed E-state index contributed by atoms with van der Waals surface area (Å²) in [5, 5.41) is 1.40. The average Bonchev–Trinajstić information content (AvgIpc) is 2.73. The van der Waals surface area contributed by atoms with E-state index in [1.165, 1.54) is 11.8 Å². The predicted molar refractivity (Wildman–Crippen MR) is 127 cm³/mol. The SMILES string of the molecule is C=C(OCC)c1c(C)c2cnc(SC)nc2n(C2CCN(C(=O)OC(C)(C)C)CC2)c1=O. The van der Waals surface area contributed by atoms with Crippen LogP contribution in [0.4, 0.5) is 4.79 Å². The molecule has 0 aliphatic carbocycles. The minimum absolute atomic E-state index is 0.109. The number of hydrogen-bond acceptors (Lipinski definition) is 7. The Morgan fingerprint density at radius 2 is 1.97 bits per heavy atom. The first kappa shape index (κ1) is 24.1. The van der Waals surface area contributed by atoms with Crippen molar-refractivity contribution in [3.8, 4) is 0 Å². The van der Waals surface area contributed by atoms with E-state index in [2.05, 4.69) is 16.5 Å². The second-order valence-electron chi connectivity index (χ2n) is 8.82. The number of carbonyl (C=O) groups is 1. The van der Waals surface area contributed by atoms with Crippen LogP contribution in [0.1, 0.15) is 57.7 Å². The third kappa shape index (κ3) is 4.92. The number of likely N-dealkylation sites (tertiary alicyclic amines) is 1. The van der Waals surface area contributed by atoms with Gasteiger partial charge in [0.1, 0.15) is 17.0 Å².